The fourth-order valence-corrected chi connectivity index (χ4v) is 1.53. The van der Waals surface area contributed by atoms with Crippen molar-refractivity contribution in [3.05, 3.63) is 30.3 Å². The molecule has 3 N–H and O–H groups in total. The molecule has 0 aliphatic rings. The number of aliphatic hydroxyl groups is 1. The molecule has 0 heterocycles. The minimum atomic E-state index is -0.0723. The first kappa shape index (κ1) is 14.5. The first-order valence-electron chi connectivity index (χ1n) is 6.20. The van der Waals surface area contributed by atoms with E-state index >= 15 is 0 Å². The van der Waals surface area contributed by atoms with Crippen LogP contribution in [-0.2, 0) is 4.79 Å². The minimum Gasteiger partial charge on any atom is -0.396 e. The molecule has 1 amide bonds. The van der Waals surface area contributed by atoms with E-state index in [0.717, 1.165) is 5.69 Å². The van der Waals surface area contributed by atoms with E-state index in [9.17, 15) is 4.79 Å². The highest BCUT2D eigenvalue weighted by molar-refractivity contribution is 5.80. The Morgan fingerprint density at radius 3 is 2.56 bits per heavy atom. The summed E-state index contributed by atoms with van der Waals surface area (Å²) < 4.78 is 0. The smallest absolute Gasteiger partial charge is 0.239 e. The number of amides is 1. The lowest BCUT2D eigenvalue weighted by Gasteiger charge is -2.23. The molecule has 0 aliphatic carbocycles. The van der Waals surface area contributed by atoms with Gasteiger partial charge in [-0.25, -0.2) is 0 Å². The number of anilines is 1. The highest BCUT2D eigenvalue weighted by Gasteiger charge is 2.17. The molecule has 1 aromatic rings. The van der Waals surface area contributed by atoms with E-state index in [4.69, 9.17) is 5.11 Å². The normalized spacial score (nSPS) is 11.1. The van der Waals surface area contributed by atoms with Gasteiger partial charge in [0, 0.05) is 18.8 Å². The lowest BCUT2D eigenvalue weighted by molar-refractivity contribution is -0.119. The van der Waals surface area contributed by atoms with E-state index in [0.29, 0.717) is 13.0 Å². The van der Waals surface area contributed by atoms with Gasteiger partial charge < -0.3 is 15.7 Å². The van der Waals surface area contributed by atoms with Crippen LogP contribution in [0.25, 0.3) is 0 Å². The molecule has 1 aromatic carbocycles. The van der Waals surface area contributed by atoms with Gasteiger partial charge in [0.15, 0.2) is 0 Å². The number of aliphatic hydroxyl groups excluding tert-OH is 1. The predicted molar refractivity (Wildman–Crippen MR) is 73.4 cm³/mol. The Morgan fingerprint density at radius 2 is 1.94 bits per heavy atom. The summed E-state index contributed by atoms with van der Waals surface area (Å²) in [7, 11) is 0. The maximum absolute atomic E-state index is 11.6. The van der Waals surface area contributed by atoms with Crippen LogP contribution in [0.15, 0.2) is 30.3 Å². The van der Waals surface area contributed by atoms with Gasteiger partial charge in [-0.1, -0.05) is 32.0 Å². The average Bonchev–Trinajstić information content (AvgIpc) is 2.35. The summed E-state index contributed by atoms with van der Waals surface area (Å²) in [6.07, 6.45) is 0.680. The largest absolute Gasteiger partial charge is 0.396 e. The summed E-state index contributed by atoms with van der Waals surface area (Å²) >= 11 is 0. The number of hydrogen-bond donors (Lipinski definition) is 3. The van der Waals surface area contributed by atoms with E-state index in [1.165, 1.54) is 0 Å². The second-order valence-electron chi connectivity index (χ2n) is 5.13. The first-order chi connectivity index (χ1) is 8.53. The molecule has 0 unspecified atom stereocenters. The van der Waals surface area contributed by atoms with Crippen molar-refractivity contribution in [3.8, 4) is 0 Å². The van der Waals surface area contributed by atoms with Crippen LogP contribution in [0, 0.1) is 5.41 Å². The van der Waals surface area contributed by atoms with E-state index in [1.807, 2.05) is 44.2 Å². The fourth-order valence-electron chi connectivity index (χ4n) is 1.53. The summed E-state index contributed by atoms with van der Waals surface area (Å²) in [5, 5.41) is 14.8. The molecule has 4 heteroatoms. The highest BCUT2D eigenvalue weighted by atomic mass is 16.3. The second kappa shape index (κ2) is 7.01. The van der Waals surface area contributed by atoms with Gasteiger partial charge >= 0.3 is 0 Å². The monoisotopic (exact) mass is 250 g/mol. The number of carbonyl (C=O) groups is 1. The molecule has 4 nitrogen and oxygen atoms in total. The minimum absolute atomic E-state index is 0.0372. The zero-order valence-electron chi connectivity index (χ0n) is 11.1. The maximum Gasteiger partial charge on any atom is 0.239 e. The second-order valence-corrected chi connectivity index (χ2v) is 5.13. The Hall–Kier alpha value is -1.55. The lowest BCUT2D eigenvalue weighted by atomic mass is 9.90. The predicted octanol–water partition coefficient (Wildman–Crippen LogP) is 1.62. The summed E-state index contributed by atoms with van der Waals surface area (Å²) in [4.78, 5) is 11.6. The third kappa shape index (κ3) is 5.68. The standard InChI is InChI=1S/C14H22N2O2/c1-14(2,8-9-17)11-16-13(18)10-15-12-6-4-3-5-7-12/h3-7,15,17H,8-11H2,1-2H3,(H,16,18). The van der Waals surface area contributed by atoms with Gasteiger partial charge in [-0.05, 0) is 24.0 Å². The van der Waals surface area contributed by atoms with Gasteiger partial charge in [0.1, 0.15) is 0 Å². The van der Waals surface area contributed by atoms with Crippen LogP contribution in [0.2, 0.25) is 0 Å². The molecule has 0 saturated heterocycles. The number of rotatable bonds is 7. The van der Waals surface area contributed by atoms with Crippen LogP contribution in [0.3, 0.4) is 0 Å². The SMILES string of the molecule is CC(C)(CCO)CNC(=O)CNc1ccccc1. The van der Waals surface area contributed by atoms with Crippen molar-refractivity contribution < 1.29 is 9.90 Å². The van der Waals surface area contributed by atoms with Crippen molar-refractivity contribution in [1.29, 1.82) is 0 Å². The number of benzene rings is 1. The zero-order chi connectivity index (χ0) is 13.4. The summed E-state index contributed by atoms with van der Waals surface area (Å²) in [5.41, 5.74) is 0.860. The molecule has 0 saturated carbocycles. The van der Waals surface area contributed by atoms with Crippen LogP contribution >= 0.6 is 0 Å². The van der Waals surface area contributed by atoms with Gasteiger partial charge in [-0.15, -0.1) is 0 Å². The molecule has 0 radical (unpaired) electrons. The van der Waals surface area contributed by atoms with Crippen molar-refractivity contribution in [3.63, 3.8) is 0 Å². The Morgan fingerprint density at radius 1 is 1.28 bits per heavy atom. The topological polar surface area (TPSA) is 61.4 Å². The number of para-hydroxylation sites is 1. The van der Waals surface area contributed by atoms with Gasteiger partial charge in [-0.2, -0.15) is 0 Å². The van der Waals surface area contributed by atoms with Crippen LogP contribution in [0.4, 0.5) is 5.69 Å². The summed E-state index contributed by atoms with van der Waals surface area (Å²) in [6, 6.07) is 9.61. The molecule has 100 valence electrons. The van der Waals surface area contributed by atoms with Crippen molar-refractivity contribution in [1.82, 2.24) is 5.32 Å². The molecule has 1 rings (SSSR count). The van der Waals surface area contributed by atoms with Crippen molar-refractivity contribution in [2.45, 2.75) is 20.3 Å². The third-order valence-corrected chi connectivity index (χ3v) is 2.78. The van der Waals surface area contributed by atoms with E-state index < -0.39 is 0 Å². The van der Waals surface area contributed by atoms with Crippen molar-refractivity contribution in [2.24, 2.45) is 5.41 Å². The lowest BCUT2D eigenvalue weighted by Crippen LogP contribution is -2.37. The first-order valence-corrected chi connectivity index (χ1v) is 6.20. The van der Waals surface area contributed by atoms with Crippen LogP contribution in [0.5, 0.6) is 0 Å². The van der Waals surface area contributed by atoms with E-state index in [2.05, 4.69) is 10.6 Å². The van der Waals surface area contributed by atoms with Crippen LogP contribution < -0.4 is 10.6 Å². The highest BCUT2D eigenvalue weighted by Crippen LogP contribution is 2.17. The average molecular weight is 250 g/mol. The Balaban J connectivity index is 2.26. The molecule has 0 aliphatic heterocycles. The third-order valence-electron chi connectivity index (χ3n) is 2.78. The van der Waals surface area contributed by atoms with Gasteiger partial charge in [0.05, 0.1) is 6.54 Å². The van der Waals surface area contributed by atoms with Gasteiger partial charge in [-0.3, -0.25) is 4.79 Å². The quantitative estimate of drug-likeness (QED) is 0.689. The molecule has 0 fully saturated rings. The Bertz CT molecular complexity index is 363. The molecular weight excluding hydrogens is 228 g/mol. The van der Waals surface area contributed by atoms with E-state index in [1.54, 1.807) is 0 Å². The van der Waals surface area contributed by atoms with E-state index in [-0.39, 0.29) is 24.5 Å². The Labute approximate surface area is 108 Å². The molecule has 18 heavy (non-hydrogen) atoms. The molecule has 0 aromatic heterocycles. The molecule has 0 atom stereocenters. The molecule has 0 spiro atoms. The summed E-state index contributed by atoms with van der Waals surface area (Å²) in [5.74, 6) is -0.0372. The maximum atomic E-state index is 11.6. The molecule has 0 bridgehead atoms. The van der Waals surface area contributed by atoms with Gasteiger partial charge in [0.2, 0.25) is 5.91 Å². The van der Waals surface area contributed by atoms with Crippen molar-refractivity contribution >= 4 is 11.6 Å². The Kier molecular flexibility index (Phi) is 5.65. The van der Waals surface area contributed by atoms with Crippen LogP contribution in [-0.4, -0.2) is 30.7 Å². The molecular formula is C14H22N2O2. The van der Waals surface area contributed by atoms with Gasteiger partial charge in [0.25, 0.3) is 0 Å². The number of nitrogens with one attached hydrogen (secondary N) is 2. The van der Waals surface area contributed by atoms with Crippen LogP contribution in [0.1, 0.15) is 20.3 Å². The number of carbonyl (C=O) groups excluding carboxylic acids is 1. The number of hydrogen-bond acceptors (Lipinski definition) is 3. The summed E-state index contributed by atoms with van der Waals surface area (Å²) in [6.45, 7) is 5.02. The van der Waals surface area contributed by atoms with Crippen molar-refractivity contribution in [2.75, 3.05) is 25.0 Å². The zero-order valence-corrected chi connectivity index (χ0v) is 11.1. The fraction of sp³-hybridized carbons (Fsp3) is 0.500.